The van der Waals surface area contributed by atoms with Crippen molar-refractivity contribution in [3.8, 4) is 0 Å². The Morgan fingerprint density at radius 3 is 2.83 bits per heavy atom. The molecule has 2 atom stereocenters. The molecular formula is C15H20N2O. The molecule has 2 aliphatic rings. The van der Waals surface area contributed by atoms with Crippen LogP contribution in [0.25, 0.3) is 0 Å². The van der Waals surface area contributed by atoms with Gasteiger partial charge in [0.1, 0.15) is 0 Å². The number of carbonyl (C=O) groups excluding carboxylic acids is 1. The molecule has 2 aliphatic heterocycles. The highest BCUT2D eigenvalue weighted by Crippen LogP contribution is 2.22. The predicted octanol–water partition coefficient (Wildman–Crippen LogP) is 1.79. The molecule has 2 fully saturated rings. The molecule has 3 rings (SSSR count). The minimum absolute atomic E-state index is 0.196. The summed E-state index contributed by atoms with van der Waals surface area (Å²) >= 11 is 0. The minimum Gasteiger partial charge on any atom is -0.352 e. The Labute approximate surface area is 108 Å². The summed E-state index contributed by atoms with van der Waals surface area (Å²) in [5.41, 5.74) is 1.34. The van der Waals surface area contributed by atoms with Gasteiger partial charge < -0.3 is 5.32 Å². The number of carbonyl (C=O) groups is 1. The van der Waals surface area contributed by atoms with E-state index < -0.39 is 0 Å². The van der Waals surface area contributed by atoms with E-state index in [9.17, 15) is 4.79 Å². The summed E-state index contributed by atoms with van der Waals surface area (Å²) in [5.74, 6) is 0.467. The number of hydrogen-bond donors (Lipinski definition) is 1. The van der Waals surface area contributed by atoms with Gasteiger partial charge in [-0.15, -0.1) is 0 Å². The van der Waals surface area contributed by atoms with Crippen LogP contribution in [-0.4, -0.2) is 29.9 Å². The van der Waals surface area contributed by atoms with Gasteiger partial charge in [-0.05, 0) is 18.4 Å². The van der Waals surface area contributed by atoms with Crippen molar-refractivity contribution in [3.05, 3.63) is 35.9 Å². The molecule has 1 amide bonds. The van der Waals surface area contributed by atoms with Crippen LogP contribution in [0, 0.1) is 5.92 Å². The maximum absolute atomic E-state index is 12.0. The van der Waals surface area contributed by atoms with Crippen molar-refractivity contribution >= 4 is 5.91 Å². The molecule has 3 nitrogen and oxygen atoms in total. The molecule has 0 saturated carbocycles. The van der Waals surface area contributed by atoms with Gasteiger partial charge in [-0.2, -0.15) is 0 Å². The Bertz CT molecular complexity index is 418. The monoisotopic (exact) mass is 244 g/mol. The second kappa shape index (κ2) is 5.11. The zero-order valence-electron chi connectivity index (χ0n) is 10.6. The van der Waals surface area contributed by atoms with Gasteiger partial charge in [-0.25, -0.2) is 0 Å². The molecule has 2 bridgehead atoms. The molecule has 2 heterocycles. The highest BCUT2D eigenvalue weighted by molar-refractivity contribution is 5.79. The zero-order chi connectivity index (χ0) is 12.4. The van der Waals surface area contributed by atoms with E-state index in [4.69, 9.17) is 0 Å². The first-order chi connectivity index (χ1) is 8.81. The quantitative estimate of drug-likeness (QED) is 0.860. The maximum atomic E-state index is 12.0. The summed E-state index contributed by atoms with van der Waals surface area (Å²) in [6, 6.07) is 10.9. The van der Waals surface area contributed by atoms with Crippen molar-refractivity contribution in [2.75, 3.05) is 13.1 Å². The summed E-state index contributed by atoms with van der Waals surface area (Å²) in [6.07, 6.45) is 3.37. The zero-order valence-corrected chi connectivity index (χ0v) is 10.6. The molecular weight excluding hydrogens is 224 g/mol. The van der Waals surface area contributed by atoms with Crippen LogP contribution in [-0.2, 0) is 11.3 Å². The molecule has 3 heteroatoms. The number of rotatable bonds is 2. The van der Waals surface area contributed by atoms with Crippen molar-refractivity contribution < 1.29 is 4.79 Å². The predicted molar refractivity (Wildman–Crippen MR) is 71.0 cm³/mol. The number of amides is 1. The van der Waals surface area contributed by atoms with E-state index in [0.29, 0.717) is 6.04 Å². The molecule has 18 heavy (non-hydrogen) atoms. The van der Waals surface area contributed by atoms with Crippen molar-refractivity contribution in [3.63, 3.8) is 0 Å². The van der Waals surface area contributed by atoms with E-state index >= 15 is 0 Å². The van der Waals surface area contributed by atoms with Crippen LogP contribution in [0.5, 0.6) is 0 Å². The first-order valence-electron chi connectivity index (χ1n) is 6.88. The third kappa shape index (κ3) is 2.56. The van der Waals surface area contributed by atoms with Crippen LogP contribution in [0.4, 0.5) is 0 Å². The lowest BCUT2D eigenvalue weighted by atomic mass is 9.99. The molecule has 2 saturated heterocycles. The van der Waals surface area contributed by atoms with E-state index in [-0.39, 0.29) is 11.8 Å². The highest BCUT2D eigenvalue weighted by atomic mass is 16.2. The van der Waals surface area contributed by atoms with Crippen LogP contribution < -0.4 is 5.32 Å². The molecule has 1 N–H and O–H groups in total. The van der Waals surface area contributed by atoms with Crippen molar-refractivity contribution in [2.45, 2.75) is 31.8 Å². The smallest absolute Gasteiger partial charge is 0.224 e. The van der Waals surface area contributed by atoms with Gasteiger partial charge in [0, 0.05) is 25.7 Å². The second-order valence-corrected chi connectivity index (χ2v) is 5.51. The van der Waals surface area contributed by atoms with Crippen molar-refractivity contribution in [2.24, 2.45) is 5.92 Å². The molecule has 1 aromatic carbocycles. The summed E-state index contributed by atoms with van der Waals surface area (Å²) in [6.45, 7) is 2.87. The summed E-state index contributed by atoms with van der Waals surface area (Å²) < 4.78 is 0. The van der Waals surface area contributed by atoms with E-state index in [0.717, 1.165) is 32.5 Å². The molecule has 0 unspecified atom stereocenters. The van der Waals surface area contributed by atoms with Gasteiger partial charge in [-0.3, -0.25) is 9.69 Å². The van der Waals surface area contributed by atoms with E-state index in [1.807, 2.05) is 6.07 Å². The Hall–Kier alpha value is -1.35. The fourth-order valence-electron chi connectivity index (χ4n) is 3.11. The molecule has 1 aromatic rings. The van der Waals surface area contributed by atoms with Gasteiger partial charge in [0.25, 0.3) is 0 Å². The fraction of sp³-hybridized carbons (Fsp3) is 0.533. The standard InChI is InChI=1S/C15H20N2O/c18-15-13-7-4-8-14(16-15)11-17(10-13)9-12-5-2-1-3-6-12/h1-3,5-6,13-14H,4,7-11H2,(H,16,18)/t13-,14+/m1/s1. The Morgan fingerprint density at radius 1 is 1.17 bits per heavy atom. The minimum atomic E-state index is 0.196. The van der Waals surface area contributed by atoms with Gasteiger partial charge in [0.2, 0.25) is 5.91 Å². The van der Waals surface area contributed by atoms with Gasteiger partial charge in [0.05, 0.1) is 5.92 Å². The third-order valence-corrected chi connectivity index (χ3v) is 4.03. The molecule has 0 radical (unpaired) electrons. The first-order valence-corrected chi connectivity index (χ1v) is 6.88. The van der Waals surface area contributed by atoms with Gasteiger partial charge >= 0.3 is 0 Å². The van der Waals surface area contributed by atoms with Crippen molar-refractivity contribution in [1.29, 1.82) is 0 Å². The van der Waals surface area contributed by atoms with Crippen LogP contribution in [0.1, 0.15) is 24.8 Å². The normalized spacial score (nSPS) is 28.6. The van der Waals surface area contributed by atoms with E-state index in [2.05, 4.69) is 34.5 Å². The Kier molecular flexibility index (Phi) is 3.33. The number of nitrogens with one attached hydrogen (secondary N) is 1. The molecule has 0 aromatic heterocycles. The summed E-state index contributed by atoms with van der Waals surface area (Å²) in [5, 5.41) is 3.18. The van der Waals surface area contributed by atoms with Crippen LogP contribution in [0.2, 0.25) is 0 Å². The average molecular weight is 244 g/mol. The van der Waals surface area contributed by atoms with Crippen molar-refractivity contribution in [1.82, 2.24) is 10.2 Å². The SMILES string of the molecule is O=C1N[C@H]2CCC[C@@H]1CN(Cc1ccccc1)C2. The number of benzene rings is 1. The summed E-state index contributed by atoms with van der Waals surface area (Å²) in [4.78, 5) is 14.4. The number of fused-ring (bicyclic) bond motifs is 3. The van der Waals surface area contributed by atoms with E-state index in [1.165, 1.54) is 12.0 Å². The fourth-order valence-corrected chi connectivity index (χ4v) is 3.11. The average Bonchev–Trinajstić information content (AvgIpc) is 2.59. The first kappa shape index (κ1) is 11.7. The number of hydrogen-bond acceptors (Lipinski definition) is 2. The number of likely N-dealkylation sites (tertiary alicyclic amines) is 1. The van der Waals surface area contributed by atoms with Gasteiger partial charge in [0.15, 0.2) is 0 Å². The lowest BCUT2D eigenvalue weighted by Gasteiger charge is -2.27. The van der Waals surface area contributed by atoms with E-state index in [1.54, 1.807) is 0 Å². The van der Waals surface area contributed by atoms with Gasteiger partial charge in [-0.1, -0.05) is 36.8 Å². The maximum Gasteiger partial charge on any atom is 0.224 e. The summed E-state index contributed by atoms with van der Waals surface area (Å²) in [7, 11) is 0. The highest BCUT2D eigenvalue weighted by Gasteiger charge is 2.32. The lowest BCUT2D eigenvalue weighted by Crippen LogP contribution is -2.38. The number of nitrogens with zero attached hydrogens (tertiary/aromatic N) is 1. The largest absolute Gasteiger partial charge is 0.352 e. The lowest BCUT2D eigenvalue weighted by molar-refractivity contribution is -0.124. The molecule has 96 valence electrons. The van der Waals surface area contributed by atoms with Crippen LogP contribution in [0.3, 0.4) is 0 Å². The topological polar surface area (TPSA) is 32.3 Å². The van der Waals surface area contributed by atoms with Crippen LogP contribution >= 0.6 is 0 Å². The van der Waals surface area contributed by atoms with Crippen LogP contribution in [0.15, 0.2) is 30.3 Å². The molecule has 0 aliphatic carbocycles. The second-order valence-electron chi connectivity index (χ2n) is 5.51. The Balaban J connectivity index is 1.72. The Morgan fingerprint density at radius 2 is 2.00 bits per heavy atom. The third-order valence-electron chi connectivity index (χ3n) is 4.03. The molecule has 0 spiro atoms.